The molecule has 0 saturated carbocycles. The predicted molar refractivity (Wildman–Crippen MR) is 67.4 cm³/mol. The number of benzene rings is 1. The molecule has 0 atom stereocenters. The lowest BCUT2D eigenvalue weighted by molar-refractivity contribution is 0.101. The van der Waals surface area contributed by atoms with Gasteiger partial charge in [-0.1, -0.05) is 6.07 Å². The summed E-state index contributed by atoms with van der Waals surface area (Å²) in [6.07, 6.45) is 0. The Hall–Kier alpha value is -2.57. The van der Waals surface area contributed by atoms with E-state index in [0.29, 0.717) is 5.69 Å². The van der Waals surface area contributed by atoms with E-state index in [4.69, 9.17) is 5.73 Å². The molecule has 0 unspecified atom stereocenters. The molecule has 7 nitrogen and oxygen atoms in total. The van der Waals surface area contributed by atoms with Gasteiger partial charge in [0, 0.05) is 25.5 Å². The summed E-state index contributed by atoms with van der Waals surface area (Å²) in [5.41, 5.74) is 7.03. The lowest BCUT2D eigenvalue weighted by Gasteiger charge is -2.13. The highest BCUT2D eigenvalue weighted by molar-refractivity contribution is 6.05. The molecule has 0 saturated heterocycles. The average molecular weight is 247 g/mol. The van der Waals surface area contributed by atoms with Crippen LogP contribution in [0.2, 0.25) is 0 Å². The molecule has 0 radical (unpaired) electrons. The summed E-state index contributed by atoms with van der Waals surface area (Å²) in [6.45, 7) is 0. The second kappa shape index (κ2) is 4.74. The van der Waals surface area contributed by atoms with Crippen LogP contribution in [-0.2, 0) is 0 Å². The summed E-state index contributed by atoms with van der Waals surface area (Å²) in [5.74, 6) is -0.485. The molecule has 0 aliphatic rings. The summed E-state index contributed by atoms with van der Waals surface area (Å²) in [4.78, 5) is 13.7. The van der Waals surface area contributed by atoms with Gasteiger partial charge in [-0.05, 0) is 28.5 Å². The van der Waals surface area contributed by atoms with E-state index in [0.717, 1.165) is 5.69 Å². The van der Waals surface area contributed by atoms with Crippen LogP contribution < -0.4 is 16.0 Å². The van der Waals surface area contributed by atoms with Crippen LogP contribution in [0.25, 0.3) is 0 Å². The van der Waals surface area contributed by atoms with Crippen molar-refractivity contribution < 1.29 is 9.42 Å². The molecule has 2 aromatic rings. The van der Waals surface area contributed by atoms with Crippen LogP contribution in [-0.4, -0.2) is 30.3 Å². The van der Waals surface area contributed by atoms with Gasteiger partial charge in [-0.3, -0.25) is 4.79 Å². The first-order valence-corrected chi connectivity index (χ1v) is 5.24. The van der Waals surface area contributed by atoms with Crippen molar-refractivity contribution in [3.05, 3.63) is 30.0 Å². The zero-order valence-corrected chi connectivity index (χ0v) is 10.0. The molecule has 0 spiro atoms. The Morgan fingerprint density at radius 3 is 2.78 bits per heavy atom. The predicted octanol–water partition coefficient (Wildman–Crippen LogP) is 0.970. The summed E-state index contributed by atoms with van der Waals surface area (Å²) in [7, 11) is 3.83. The summed E-state index contributed by atoms with van der Waals surface area (Å²) in [6, 6.07) is 7.38. The number of rotatable bonds is 3. The highest BCUT2D eigenvalue weighted by Crippen LogP contribution is 2.18. The summed E-state index contributed by atoms with van der Waals surface area (Å²) in [5, 5.41) is 9.46. The van der Waals surface area contributed by atoms with Gasteiger partial charge in [-0.15, -0.1) is 0 Å². The van der Waals surface area contributed by atoms with E-state index in [2.05, 4.69) is 20.3 Å². The average Bonchev–Trinajstić information content (AvgIpc) is 2.76. The lowest BCUT2D eigenvalue weighted by Crippen LogP contribution is -2.15. The Morgan fingerprint density at radius 1 is 1.39 bits per heavy atom. The molecule has 0 fully saturated rings. The first kappa shape index (κ1) is 11.9. The van der Waals surface area contributed by atoms with Crippen molar-refractivity contribution in [2.75, 3.05) is 30.0 Å². The van der Waals surface area contributed by atoms with Crippen LogP contribution in [0.4, 0.5) is 17.2 Å². The van der Waals surface area contributed by atoms with Crippen molar-refractivity contribution in [3.63, 3.8) is 0 Å². The molecular weight excluding hydrogens is 234 g/mol. The third-order valence-electron chi connectivity index (χ3n) is 2.35. The van der Waals surface area contributed by atoms with Gasteiger partial charge >= 0.3 is 0 Å². The van der Waals surface area contributed by atoms with Gasteiger partial charge in [0.25, 0.3) is 5.91 Å². The number of amides is 1. The fraction of sp³-hybridized carbons (Fsp3) is 0.182. The molecule has 0 bridgehead atoms. The fourth-order valence-corrected chi connectivity index (χ4v) is 1.41. The Balaban J connectivity index is 2.17. The molecule has 0 aliphatic heterocycles. The molecule has 94 valence electrons. The number of nitrogen functional groups attached to an aromatic ring is 1. The largest absolute Gasteiger partial charge is 0.379 e. The number of nitrogens with one attached hydrogen (secondary N) is 1. The van der Waals surface area contributed by atoms with Gasteiger partial charge in [0.1, 0.15) is 0 Å². The van der Waals surface area contributed by atoms with E-state index in [1.54, 1.807) is 6.07 Å². The maximum absolute atomic E-state index is 11.8. The van der Waals surface area contributed by atoms with Crippen LogP contribution >= 0.6 is 0 Å². The van der Waals surface area contributed by atoms with Crippen LogP contribution in [0, 0.1) is 0 Å². The molecule has 1 aromatic heterocycles. The van der Waals surface area contributed by atoms with Crippen molar-refractivity contribution in [2.24, 2.45) is 0 Å². The SMILES string of the molecule is CN(C)c1cccc(NC(=O)c2nonc2N)c1. The second-order valence-electron chi connectivity index (χ2n) is 3.90. The van der Waals surface area contributed by atoms with Gasteiger partial charge in [-0.2, -0.15) is 0 Å². The zero-order valence-electron chi connectivity index (χ0n) is 10.0. The minimum atomic E-state index is -0.454. The number of aromatic nitrogens is 2. The van der Waals surface area contributed by atoms with E-state index in [1.807, 2.05) is 37.2 Å². The highest BCUT2D eigenvalue weighted by Gasteiger charge is 2.16. The quantitative estimate of drug-likeness (QED) is 0.838. The van der Waals surface area contributed by atoms with E-state index in [1.165, 1.54) is 0 Å². The molecule has 1 heterocycles. The van der Waals surface area contributed by atoms with Crippen molar-refractivity contribution in [3.8, 4) is 0 Å². The fourth-order valence-electron chi connectivity index (χ4n) is 1.41. The van der Waals surface area contributed by atoms with E-state index in [-0.39, 0.29) is 11.5 Å². The second-order valence-corrected chi connectivity index (χ2v) is 3.90. The third-order valence-corrected chi connectivity index (χ3v) is 2.35. The van der Waals surface area contributed by atoms with E-state index >= 15 is 0 Å². The number of anilines is 3. The van der Waals surface area contributed by atoms with E-state index < -0.39 is 5.91 Å². The molecule has 7 heteroatoms. The van der Waals surface area contributed by atoms with Crippen LogP contribution in [0.3, 0.4) is 0 Å². The van der Waals surface area contributed by atoms with Gasteiger partial charge in [-0.25, -0.2) is 4.63 Å². The minimum absolute atomic E-state index is 0.0229. The monoisotopic (exact) mass is 247 g/mol. The van der Waals surface area contributed by atoms with Gasteiger partial charge in [0.2, 0.25) is 11.5 Å². The van der Waals surface area contributed by atoms with Gasteiger partial charge in [0.15, 0.2) is 0 Å². The Morgan fingerprint density at radius 2 is 2.17 bits per heavy atom. The van der Waals surface area contributed by atoms with Crippen LogP contribution in [0.5, 0.6) is 0 Å². The van der Waals surface area contributed by atoms with Gasteiger partial charge < -0.3 is 16.0 Å². The number of nitrogens with zero attached hydrogens (tertiary/aromatic N) is 3. The molecule has 3 N–H and O–H groups in total. The van der Waals surface area contributed by atoms with Crippen LogP contribution in [0.1, 0.15) is 10.5 Å². The number of nitrogens with two attached hydrogens (primary N) is 1. The van der Waals surface area contributed by atoms with Crippen molar-refractivity contribution in [1.82, 2.24) is 10.3 Å². The number of hydrogen-bond acceptors (Lipinski definition) is 6. The van der Waals surface area contributed by atoms with Gasteiger partial charge in [0.05, 0.1) is 0 Å². The van der Waals surface area contributed by atoms with Crippen molar-refractivity contribution >= 4 is 23.1 Å². The zero-order chi connectivity index (χ0) is 13.1. The maximum atomic E-state index is 11.8. The van der Waals surface area contributed by atoms with Crippen molar-refractivity contribution in [2.45, 2.75) is 0 Å². The van der Waals surface area contributed by atoms with Crippen LogP contribution in [0.15, 0.2) is 28.9 Å². The molecule has 0 aliphatic carbocycles. The molecule has 18 heavy (non-hydrogen) atoms. The highest BCUT2D eigenvalue weighted by atomic mass is 16.6. The molecule has 2 rings (SSSR count). The van der Waals surface area contributed by atoms with E-state index in [9.17, 15) is 4.79 Å². The normalized spacial score (nSPS) is 10.1. The maximum Gasteiger partial charge on any atom is 0.281 e. The topological polar surface area (TPSA) is 97.3 Å². The Bertz CT molecular complexity index is 564. The first-order valence-electron chi connectivity index (χ1n) is 5.24. The number of hydrogen-bond donors (Lipinski definition) is 2. The summed E-state index contributed by atoms with van der Waals surface area (Å²) < 4.78 is 4.37. The van der Waals surface area contributed by atoms with Crippen molar-refractivity contribution in [1.29, 1.82) is 0 Å². The standard InChI is InChI=1S/C11H13N5O2/c1-16(2)8-5-3-4-7(6-8)13-11(17)9-10(12)15-18-14-9/h3-6H,1-2H3,(H2,12,15)(H,13,17). The summed E-state index contributed by atoms with van der Waals surface area (Å²) >= 11 is 0. The third kappa shape index (κ3) is 2.40. The number of carbonyl (C=O) groups is 1. The lowest BCUT2D eigenvalue weighted by atomic mass is 10.2. The first-order chi connectivity index (χ1) is 8.58. The minimum Gasteiger partial charge on any atom is -0.379 e. The molecular formula is C11H13N5O2. The Kier molecular flexibility index (Phi) is 3.13. The smallest absolute Gasteiger partial charge is 0.281 e. The Labute approximate surface area is 104 Å². The molecule has 1 amide bonds. The number of carbonyl (C=O) groups excluding carboxylic acids is 1. The molecule has 1 aromatic carbocycles.